The Bertz CT molecular complexity index is 916. The maximum absolute atomic E-state index is 12.5. The number of amides is 1. The number of carbonyl (C=O) groups is 1. The molecule has 0 aliphatic heterocycles. The zero-order chi connectivity index (χ0) is 19.1. The first-order valence-corrected chi connectivity index (χ1v) is 8.87. The van der Waals surface area contributed by atoms with Crippen LogP contribution in [0, 0.1) is 0 Å². The predicted molar refractivity (Wildman–Crippen MR) is 106 cm³/mol. The molecule has 0 bridgehead atoms. The predicted octanol–water partition coefficient (Wildman–Crippen LogP) is 4.39. The molecule has 0 aliphatic carbocycles. The summed E-state index contributed by atoms with van der Waals surface area (Å²) in [7, 11) is 0. The van der Waals surface area contributed by atoms with Crippen LogP contribution in [0.1, 0.15) is 23.0 Å². The number of aromatic nitrogens is 2. The summed E-state index contributed by atoms with van der Waals surface area (Å²) < 4.78 is 5.52. The Balaban J connectivity index is 1.67. The van der Waals surface area contributed by atoms with Gasteiger partial charge in [-0.05, 0) is 36.8 Å². The van der Waals surface area contributed by atoms with Crippen LogP contribution < -0.4 is 15.4 Å². The number of benzene rings is 2. The van der Waals surface area contributed by atoms with Crippen LogP contribution in [0.4, 0.5) is 11.5 Å². The Hall–Kier alpha value is -3.12. The number of rotatable bonds is 7. The van der Waals surface area contributed by atoms with E-state index < -0.39 is 0 Å². The fourth-order valence-electron chi connectivity index (χ4n) is 2.41. The molecule has 2 N–H and O–H groups in total. The Morgan fingerprint density at radius 2 is 1.89 bits per heavy atom. The standard InChI is InChI=1S/C20H19ClN4O2/c1-2-27-18-6-4-3-5-16(18)25-20(26)17-11-19(24-13-23-17)22-12-14-7-9-15(21)10-8-14/h3-11,13H,2,12H2,1H3,(H,25,26)(H,22,23,24). The summed E-state index contributed by atoms with van der Waals surface area (Å²) in [6.45, 7) is 2.96. The van der Waals surface area contributed by atoms with E-state index in [0.717, 1.165) is 5.56 Å². The van der Waals surface area contributed by atoms with Gasteiger partial charge in [-0.3, -0.25) is 4.79 Å². The van der Waals surface area contributed by atoms with Gasteiger partial charge in [-0.15, -0.1) is 0 Å². The molecule has 0 spiro atoms. The molecule has 0 saturated heterocycles. The number of hydrogen-bond acceptors (Lipinski definition) is 5. The van der Waals surface area contributed by atoms with Gasteiger partial charge in [0.15, 0.2) is 0 Å². The van der Waals surface area contributed by atoms with Gasteiger partial charge in [0.25, 0.3) is 5.91 Å². The van der Waals surface area contributed by atoms with E-state index in [1.807, 2.05) is 43.3 Å². The van der Waals surface area contributed by atoms with Gasteiger partial charge in [0.1, 0.15) is 23.6 Å². The molecule has 7 heteroatoms. The Morgan fingerprint density at radius 3 is 2.67 bits per heavy atom. The average Bonchev–Trinajstić information content (AvgIpc) is 2.69. The molecule has 0 aliphatic rings. The van der Waals surface area contributed by atoms with Crippen molar-refractivity contribution in [2.45, 2.75) is 13.5 Å². The maximum atomic E-state index is 12.5. The molecule has 0 saturated carbocycles. The van der Waals surface area contributed by atoms with Crippen molar-refractivity contribution < 1.29 is 9.53 Å². The first-order chi connectivity index (χ1) is 13.2. The summed E-state index contributed by atoms with van der Waals surface area (Å²) in [6, 6.07) is 16.4. The lowest BCUT2D eigenvalue weighted by molar-refractivity contribution is 0.102. The van der Waals surface area contributed by atoms with Crippen molar-refractivity contribution in [3.63, 3.8) is 0 Å². The largest absolute Gasteiger partial charge is 0.492 e. The second kappa shape index (κ2) is 9.00. The maximum Gasteiger partial charge on any atom is 0.274 e. The van der Waals surface area contributed by atoms with E-state index in [-0.39, 0.29) is 11.6 Å². The number of para-hydroxylation sites is 2. The molecule has 0 fully saturated rings. The number of nitrogens with one attached hydrogen (secondary N) is 2. The fourth-order valence-corrected chi connectivity index (χ4v) is 2.54. The Labute approximate surface area is 162 Å². The van der Waals surface area contributed by atoms with Gasteiger partial charge in [-0.1, -0.05) is 35.9 Å². The lowest BCUT2D eigenvalue weighted by Gasteiger charge is -2.11. The van der Waals surface area contributed by atoms with Crippen molar-refractivity contribution in [1.82, 2.24) is 9.97 Å². The van der Waals surface area contributed by atoms with Gasteiger partial charge >= 0.3 is 0 Å². The number of nitrogens with zero attached hydrogens (tertiary/aromatic N) is 2. The molecule has 0 radical (unpaired) electrons. The van der Waals surface area contributed by atoms with E-state index in [1.54, 1.807) is 18.2 Å². The topological polar surface area (TPSA) is 76.1 Å². The van der Waals surface area contributed by atoms with Crippen molar-refractivity contribution in [3.05, 3.63) is 77.2 Å². The molecule has 1 aromatic heterocycles. The van der Waals surface area contributed by atoms with Gasteiger partial charge in [0, 0.05) is 17.6 Å². The van der Waals surface area contributed by atoms with E-state index in [4.69, 9.17) is 16.3 Å². The van der Waals surface area contributed by atoms with Crippen molar-refractivity contribution in [1.29, 1.82) is 0 Å². The summed E-state index contributed by atoms with van der Waals surface area (Å²) in [4.78, 5) is 20.7. The van der Waals surface area contributed by atoms with Crippen LogP contribution >= 0.6 is 11.6 Å². The van der Waals surface area contributed by atoms with Crippen LogP contribution in [0.25, 0.3) is 0 Å². The second-order valence-corrected chi connectivity index (χ2v) is 6.09. The summed E-state index contributed by atoms with van der Waals surface area (Å²) >= 11 is 5.89. The third-order valence-electron chi connectivity index (χ3n) is 3.72. The van der Waals surface area contributed by atoms with Gasteiger partial charge in [-0.25, -0.2) is 9.97 Å². The van der Waals surface area contributed by atoms with Gasteiger partial charge < -0.3 is 15.4 Å². The monoisotopic (exact) mass is 382 g/mol. The van der Waals surface area contributed by atoms with E-state index in [2.05, 4.69) is 20.6 Å². The average molecular weight is 383 g/mol. The molecule has 27 heavy (non-hydrogen) atoms. The second-order valence-electron chi connectivity index (χ2n) is 5.65. The number of carbonyl (C=O) groups excluding carboxylic acids is 1. The normalized spacial score (nSPS) is 10.3. The molecule has 3 rings (SSSR count). The van der Waals surface area contributed by atoms with Crippen molar-refractivity contribution in [3.8, 4) is 5.75 Å². The molecular weight excluding hydrogens is 364 g/mol. The fraction of sp³-hybridized carbons (Fsp3) is 0.150. The molecule has 0 unspecified atom stereocenters. The minimum absolute atomic E-state index is 0.259. The summed E-state index contributed by atoms with van der Waals surface area (Å²) in [5.74, 6) is 0.839. The van der Waals surface area contributed by atoms with Crippen molar-refractivity contribution >= 4 is 29.0 Å². The minimum atomic E-state index is -0.334. The lowest BCUT2D eigenvalue weighted by atomic mass is 10.2. The van der Waals surface area contributed by atoms with E-state index in [1.165, 1.54) is 6.33 Å². The first kappa shape index (κ1) is 18.7. The summed E-state index contributed by atoms with van der Waals surface area (Å²) in [5, 5.41) is 6.68. The minimum Gasteiger partial charge on any atom is -0.492 e. The lowest BCUT2D eigenvalue weighted by Crippen LogP contribution is -2.15. The van der Waals surface area contributed by atoms with Gasteiger partial charge in [0.05, 0.1) is 12.3 Å². The third kappa shape index (κ3) is 5.18. The highest BCUT2D eigenvalue weighted by molar-refractivity contribution is 6.30. The SMILES string of the molecule is CCOc1ccccc1NC(=O)c1cc(NCc2ccc(Cl)cc2)ncn1. The molecule has 3 aromatic rings. The van der Waals surface area contributed by atoms with Gasteiger partial charge in [-0.2, -0.15) is 0 Å². The van der Waals surface area contributed by atoms with Crippen LogP contribution in [0.15, 0.2) is 60.9 Å². The highest BCUT2D eigenvalue weighted by Crippen LogP contribution is 2.24. The Morgan fingerprint density at radius 1 is 1.11 bits per heavy atom. The van der Waals surface area contributed by atoms with E-state index >= 15 is 0 Å². The van der Waals surface area contributed by atoms with Crippen LogP contribution in [0.5, 0.6) is 5.75 Å². The smallest absolute Gasteiger partial charge is 0.274 e. The number of halogens is 1. The molecule has 1 amide bonds. The molecular formula is C20H19ClN4O2. The molecule has 2 aromatic carbocycles. The number of ether oxygens (including phenoxy) is 1. The van der Waals surface area contributed by atoms with Crippen LogP contribution in [-0.2, 0) is 6.54 Å². The van der Waals surface area contributed by atoms with Crippen LogP contribution in [0.3, 0.4) is 0 Å². The first-order valence-electron chi connectivity index (χ1n) is 8.49. The zero-order valence-corrected chi connectivity index (χ0v) is 15.5. The molecule has 6 nitrogen and oxygen atoms in total. The Kier molecular flexibility index (Phi) is 6.22. The molecule has 1 heterocycles. The highest BCUT2D eigenvalue weighted by Gasteiger charge is 2.12. The molecule has 0 atom stereocenters. The van der Waals surface area contributed by atoms with Crippen molar-refractivity contribution in [2.24, 2.45) is 0 Å². The number of anilines is 2. The van der Waals surface area contributed by atoms with Crippen LogP contribution in [0.2, 0.25) is 5.02 Å². The van der Waals surface area contributed by atoms with Crippen molar-refractivity contribution in [2.75, 3.05) is 17.2 Å². The quantitative estimate of drug-likeness (QED) is 0.633. The highest BCUT2D eigenvalue weighted by atomic mass is 35.5. The van der Waals surface area contributed by atoms with Gasteiger partial charge in [0.2, 0.25) is 0 Å². The summed E-state index contributed by atoms with van der Waals surface area (Å²) in [5.41, 5.74) is 1.91. The zero-order valence-electron chi connectivity index (χ0n) is 14.8. The van der Waals surface area contributed by atoms with Crippen LogP contribution in [-0.4, -0.2) is 22.5 Å². The third-order valence-corrected chi connectivity index (χ3v) is 3.97. The number of hydrogen-bond donors (Lipinski definition) is 2. The van der Waals surface area contributed by atoms with E-state index in [0.29, 0.717) is 35.4 Å². The molecule has 138 valence electrons. The summed E-state index contributed by atoms with van der Waals surface area (Å²) in [6.07, 6.45) is 1.35. The van der Waals surface area contributed by atoms with E-state index in [9.17, 15) is 4.79 Å².